The summed E-state index contributed by atoms with van der Waals surface area (Å²) in [4.78, 5) is 41.5. The molecule has 0 spiro atoms. The molecule has 4 rings (SSSR count). The van der Waals surface area contributed by atoms with Gasteiger partial charge >= 0.3 is 5.69 Å². The third-order valence-corrected chi connectivity index (χ3v) is 5.34. The van der Waals surface area contributed by atoms with E-state index in [4.69, 9.17) is 4.74 Å². The van der Waals surface area contributed by atoms with Crippen LogP contribution in [0.15, 0.2) is 44.4 Å². The van der Waals surface area contributed by atoms with Crippen LogP contribution < -0.4 is 21.3 Å². The van der Waals surface area contributed by atoms with E-state index in [1.807, 2.05) is 18.2 Å². The van der Waals surface area contributed by atoms with Gasteiger partial charge in [-0.2, -0.15) is 0 Å². The van der Waals surface area contributed by atoms with Gasteiger partial charge in [-0.1, -0.05) is 15.9 Å². The molecule has 1 atom stereocenters. The lowest BCUT2D eigenvalue weighted by Gasteiger charge is -2.26. The maximum Gasteiger partial charge on any atom is 0.332 e. The number of fused-ring (bicyclic) bond motifs is 2. The lowest BCUT2D eigenvalue weighted by Crippen LogP contribution is -2.38. The van der Waals surface area contributed by atoms with Crippen LogP contribution in [-0.2, 0) is 14.1 Å². The molecule has 1 aromatic carbocycles. The van der Waals surface area contributed by atoms with Gasteiger partial charge in [-0.25, -0.2) is 9.78 Å². The van der Waals surface area contributed by atoms with Gasteiger partial charge in [-0.15, -0.1) is 0 Å². The molecule has 8 nitrogen and oxygen atoms in total. The second-order valence-electron chi connectivity index (χ2n) is 6.62. The standard InChI is InChI=1S/C19H17BrN4O4/c1-23-16-11(18(26)24(2)19(23)27)4-5-14(21-16)17(25)22-13-7-8-28-15-6-3-10(20)9-12(13)15/h3-6,9,13H,7-8H2,1-2H3,(H,22,25). The van der Waals surface area contributed by atoms with Crippen LogP contribution in [0, 0.1) is 0 Å². The first kappa shape index (κ1) is 18.4. The largest absolute Gasteiger partial charge is 0.493 e. The number of amides is 1. The first-order valence-electron chi connectivity index (χ1n) is 8.66. The Morgan fingerprint density at radius 3 is 2.79 bits per heavy atom. The van der Waals surface area contributed by atoms with E-state index in [0.29, 0.717) is 13.0 Å². The summed E-state index contributed by atoms with van der Waals surface area (Å²) in [6, 6.07) is 8.45. The predicted octanol–water partition coefficient (Wildman–Crippen LogP) is 1.65. The number of halogens is 1. The van der Waals surface area contributed by atoms with Crippen molar-refractivity contribution in [3.63, 3.8) is 0 Å². The quantitative estimate of drug-likeness (QED) is 0.648. The molecule has 1 aliphatic rings. The molecule has 9 heteroatoms. The van der Waals surface area contributed by atoms with Crippen molar-refractivity contribution < 1.29 is 9.53 Å². The summed E-state index contributed by atoms with van der Waals surface area (Å²) in [5.41, 5.74) is 0.261. The third kappa shape index (κ3) is 3.01. The predicted molar refractivity (Wildman–Crippen MR) is 107 cm³/mol. The monoisotopic (exact) mass is 444 g/mol. The van der Waals surface area contributed by atoms with Gasteiger partial charge in [-0.3, -0.25) is 18.7 Å². The molecule has 1 unspecified atom stereocenters. The second kappa shape index (κ2) is 6.90. The number of nitrogens with zero attached hydrogens (tertiary/aromatic N) is 3. The Morgan fingerprint density at radius 1 is 1.21 bits per heavy atom. The van der Waals surface area contributed by atoms with Crippen molar-refractivity contribution in [2.75, 3.05) is 6.61 Å². The van der Waals surface area contributed by atoms with Crippen molar-refractivity contribution in [3.8, 4) is 5.75 Å². The highest BCUT2D eigenvalue weighted by molar-refractivity contribution is 9.10. The Bertz CT molecular complexity index is 1230. The van der Waals surface area contributed by atoms with E-state index in [1.54, 1.807) is 0 Å². The van der Waals surface area contributed by atoms with E-state index >= 15 is 0 Å². The lowest BCUT2D eigenvalue weighted by molar-refractivity contribution is 0.0920. The molecule has 28 heavy (non-hydrogen) atoms. The van der Waals surface area contributed by atoms with Crippen LogP contribution in [-0.4, -0.2) is 26.6 Å². The second-order valence-corrected chi connectivity index (χ2v) is 7.53. The van der Waals surface area contributed by atoms with Gasteiger partial charge in [0.2, 0.25) is 0 Å². The number of aryl methyl sites for hydroxylation is 1. The summed E-state index contributed by atoms with van der Waals surface area (Å²) in [5.74, 6) is 0.352. The Balaban J connectivity index is 1.70. The molecule has 0 bridgehead atoms. The topological polar surface area (TPSA) is 95.2 Å². The maximum atomic E-state index is 12.8. The number of hydrogen-bond acceptors (Lipinski definition) is 5. The Labute approximate surface area is 167 Å². The number of benzene rings is 1. The fourth-order valence-electron chi connectivity index (χ4n) is 3.33. The lowest BCUT2D eigenvalue weighted by atomic mass is 10.0. The molecular weight excluding hydrogens is 428 g/mol. The van der Waals surface area contributed by atoms with Crippen LogP contribution in [0.2, 0.25) is 0 Å². The normalized spacial score (nSPS) is 15.8. The van der Waals surface area contributed by atoms with Crippen molar-refractivity contribution >= 4 is 32.9 Å². The van der Waals surface area contributed by atoms with Crippen molar-refractivity contribution in [2.24, 2.45) is 14.1 Å². The van der Waals surface area contributed by atoms with Crippen molar-refractivity contribution in [1.82, 2.24) is 19.4 Å². The summed E-state index contributed by atoms with van der Waals surface area (Å²) in [5, 5.41) is 3.25. The molecular formula is C19H17BrN4O4. The number of rotatable bonds is 2. The molecule has 1 N–H and O–H groups in total. The molecule has 3 heterocycles. The molecule has 0 saturated carbocycles. The fourth-order valence-corrected chi connectivity index (χ4v) is 3.71. The summed E-state index contributed by atoms with van der Waals surface area (Å²) < 4.78 is 8.81. The van der Waals surface area contributed by atoms with Crippen molar-refractivity contribution in [1.29, 1.82) is 0 Å². The molecule has 0 saturated heterocycles. The summed E-state index contributed by atoms with van der Waals surface area (Å²) in [7, 11) is 2.93. The molecule has 3 aromatic rings. The minimum Gasteiger partial charge on any atom is -0.493 e. The van der Waals surface area contributed by atoms with Gasteiger partial charge < -0.3 is 10.1 Å². The average molecular weight is 445 g/mol. The van der Waals surface area contributed by atoms with Crippen LogP contribution in [0.5, 0.6) is 5.75 Å². The van der Waals surface area contributed by atoms with E-state index in [2.05, 4.69) is 26.2 Å². The molecule has 0 radical (unpaired) electrons. The fraction of sp³-hybridized carbons (Fsp3) is 0.263. The highest BCUT2D eigenvalue weighted by atomic mass is 79.9. The van der Waals surface area contributed by atoms with Crippen molar-refractivity contribution in [3.05, 3.63) is 66.9 Å². The molecule has 1 amide bonds. The van der Waals surface area contributed by atoms with E-state index in [-0.39, 0.29) is 28.7 Å². The number of hydrogen-bond donors (Lipinski definition) is 1. The Kier molecular flexibility index (Phi) is 4.54. The number of nitrogens with one attached hydrogen (secondary N) is 1. The Morgan fingerprint density at radius 2 is 2.00 bits per heavy atom. The van der Waals surface area contributed by atoms with E-state index < -0.39 is 11.2 Å². The van der Waals surface area contributed by atoms with Crippen LogP contribution in [0.1, 0.15) is 28.5 Å². The van der Waals surface area contributed by atoms with E-state index in [1.165, 1.54) is 30.8 Å². The summed E-state index contributed by atoms with van der Waals surface area (Å²) >= 11 is 3.44. The van der Waals surface area contributed by atoms with Gasteiger partial charge in [0.05, 0.1) is 18.0 Å². The SMILES string of the molecule is Cn1c(=O)c2ccc(C(=O)NC3CCOc4ccc(Br)cc43)nc2n(C)c1=O. The van der Waals surface area contributed by atoms with Gasteiger partial charge in [0.15, 0.2) is 0 Å². The summed E-state index contributed by atoms with van der Waals surface area (Å²) in [6.07, 6.45) is 0.627. The van der Waals surface area contributed by atoms with Crippen LogP contribution >= 0.6 is 15.9 Å². The maximum absolute atomic E-state index is 12.8. The number of pyridine rings is 1. The first-order chi connectivity index (χ1) is 13.4. The van der Waals surface area contributed by atoms with E-state index in [0.717, 1.165) is 20.4 Å². The average Bonchev–Trinajstić information content (AvgIpc) is 2.70. The molecule has 0 fully saturated rings. The van der Waals surface area contributed by atoms with Crippen LogP contribution in [0.25, 0.3) is 11.0 Å². The van der Waals surface area contributed by atoms with Gasteiger partial charge in [0.25, 0.3) is 11.5 Å². The number of carbonyl (C=O) groups excluding carboxylic acids is 1. The minimum absolute atomic E-state index is 0.138. The molecule has 0 aliphatic carbocycles. The molecule has 144 valence electrons. The number of ether oxygens (including phenoxy) is 1. The highest BCUT2D eigenvalue weighted by Crippen LogP contribution is 2.34. The smallest absolute Gasteiger partial charge is 0.332 e. The zero-order valence-corrected chi connectivity index (χ0v) is 16.8. The zero-order chi connectivity index (χ0) is 20.0. The van der Waals surface area contributed by atoms with Crippen LogP contribution in [0.3, 0.4) is 0 Å². The Hall–Kier alpha value is -2.94. The van der Waals surface area contributed by atoms with Crippen LogP contribution in [0.4, 0.5) is 0 Å². The van der Waals surface area contributed by atoms with E-state index in [9.17, 15) is 14.4 Å². The first-order valence-corrected chi connectivity index (χ1v) is 9.46. The van der Waals surface area contributed by atoms with Gasteiger partial charge in [0, 0.05) is 30.6 Å². The third-order valence-electron chi connectivity index (χ3n) is 4.85. The zero-order valence-electron chi connectivity index (χ0n) is 15.2. The van der Waals surface area contributed by atoms with Gasteiger partial charge in [-0.05, 0) is 30.3 Å². The van der Waals surface area contributed by atoms with Crippen molar-refractivity contribution in [2.45, 2.75) is 12.5 Å². The highest BCUT2D eigenvalue weighted by Gasteiger charge is 2.24. The number of aromatic nitrogens is 3. The molecule has 2 aromatic heterocycles. The molecule has 1 aliphatic heterocycles. The minimum atomic E-state index is -0.495. The number of carbonyl (C=O) groups is 1. The van der Waals surface area contributed by atoms with Gasteiger partial charge in [0.1, 0.15) is 17.1 Å². The summed E-state index contributed by atoms with van der Waals surface area (Å²) in [6.45, 7) is 0.495.